The van der Waals surface area contributed by atoms with Crippen LogP contribution in [0.5, 0.6) is 0 Å². The molecule has 0 radical (unpaired) electrons. The second kappa shape index (κ2) is 7.26. The van der Waals surface area contributed by atoms with Crippen molar-refractivity contribution in [3.05, 3.63) is 0 Å². The number of hydrogen-bond donors (Lipinski definition) is 1. The lowest BCUT2D eigenvalue weighted by Crippen LogP contribution is -2.48. The quantitative estimate of drug-likeness (QED) is 0.706. The first-order valence-electron chi connectivity index (χ1n) is 8.94. The molecule has 0 bridgehead atoms. The number of hydrogen-bond acceptors (Lipinski definition) is 2. The molecule has 0 aromatic carbocycles. The van der Waals surface area contributed by atoms with Crippen LogP contribution < -0.4 is 5.32 Å². The summed E-state index contributed by atoms with van der Waals surface area (Å²) in [5.41, 5.74) is 0.128. The number of ether oxygens (including phenoxy) is 1. The van der Waals surface area contributed by atoms with Gasteiger partial charge in [0.25, 0.3) is 0 Å². The van der Waals surface area contributed by atoms with Gasteiger partial charge in [-0.1, -0.05) is 27.2 Å². The van der Waals surface area contributed by atoms with Crippen LogP contribution in [0.2, 0.25) is 0 Å². The van der Waals surface area contributed by atoms with E-state index in [9.17, 15) is 0 Å². The summed E-state index contributed by atoms with van der Waals surface area (Å²) in [6.45, 7) is 10.3. The molecule has 0 amide bonds. The van der Waals surface area contributed by atoms with Crippen LogP contribution in [0.25, 0.3) is 0 Å². The molecule has 2 nitrogen and oxygen atoms in total. The minimum absolute atomic E-state index is 0.128. The summed E-state index contributed by atoms with van der Waals surface area (Å²) in [5.74, 6) is 1.67. The fraction of sp³-hybridized carbons (Fsp3) is 1.00. The van der Waals surface area contributed by atoms with Crippen LogP contribution in [0.4, 0.5) is 0 Å². The second-order valence-electron chi connectivity index (χ2n) is 7.75. The molecule has 1 atom stereocenters. The Morgan fingerprint density at radius 3 is 2.25 bits per heavy atom. The van der Waals surface area contributed by atoms with Crippen molar-refractivity contribution in [3.8, 4) is 0 Å². The highest BCUT2D eigenvalue weighted by molar-refractivity contribution is 4.93. The van der Waals surface area contributed by atoms with Crippen LogP contribution in [0.1, 0.15) is 79.1 Å². The molecule has 1 N–H and O–H groups in total. The molecule has 2 heteroatoms. The summed E-state index contributed by atoms with van der Waals surface area (Å²) >= 11 is 0. The van der Waals surface area contributed by atoms with E-state index in [1.165, 1.54) is 51.4 Å². The third kappa shape index (κ3) is 5.04. The highest BCUT2D eigenvalue weighted by Crippen LogP contribution is 2.38. The maximum atomic E-state index is 6.60. The minimum Gasteiger partial charge on any atom is -0.371 e. The van der Waals surface area contributed by atoms with Gasteiger partial charge in [0.15, 0.2) is 0 Å². The summed E-state index contributed by atoms with van der Waals surface area (Å²) in [5, 5.41) is 3.73. The number of nitrogens with one attached hydrogen (secondary N) is 1. The highest BCUT2D eigenvalue weighted by atomic mass is 16.5. The van der Waals surface area contributed by atoms with Gasteiger partial charge in [0.2, 0.25) is 0 Å². The zero-order chi connectivity index (χ0) is 14.6. The van der Waals surface area contributed by atoms with E-state index in [1.54, 1.807) is 0 Å². The van der Waals surface area contributed by atoms with Gasteiger partial charge in [-0.25, -0.2) is 0 Å². The lowest BCUT2D eigenvalue weighted by atomic mass is 9.77. The fourth-order valence-corrected chi connectivity index (χ4v) is 3.70. The van der Waals surface area contributed by atoms with Crippen molar-refractivity contribution < 1.29 is 4.74 Å². The molecule has 2 saturated carbocycles. The van der Waals surface area contributed by atoms with Crippen molar-refractivity contribution >= 4 is 0 Å². The molecule has 2 aliphatic carbocycles. The Bertz CT molecular complexity index is 277. The molecule has 0 heterocycles. The van der Waals surface area contributed by atoms with Crippen molar-refractivity contribution in [1.29, 1.82) is 0 Å². The number of rotatable bonds is 8. The standard InChI is InChI=1S/C18H35NO/c1-5-16-8-10-18(11-9-16,13-19-17-6-7-17)20-15(4)12-14(2)3/h14-17,19H,5-13H2,1-4H3. The third-order valence-corrected chi connectivity index (χ3v) is 5.14. The Hall–Kier alpha value is -0.0800. The van der Waals surface area contributed by atoms with Crippen LogP contribution >= 0.6 is 0 Å². The van der Waals surface area contributed by atoms with Crippen LogP contribution in [-0.4, -0.2) is 24.3 Å². The van der Waals surface area contributed by atoms with E-state index in [1.807, 2.05) is 0 Å². The molecule has 2 rings (SSSR count). The van der Waals surface area contributed by atoms with E-state index < -0.39 is 0 Å². The van der Waals surface area contributed by atoms with E-state index >= 15 is 0 Å². The molecule has 20 heavy (non-hydrogen) atoms. The fourth-order valence-electron chi connectivity index (χ4n) is 3.70. The van der Waals surface area contributed by atoms with Crippen molar-refractivity contribution in [2.45, 2.75) is 96.8 Å². The van der Waals surface area contributed by atoms with E-state index in [4.69, 9.17) is 4.74 Å². The van der Waals surface area contributed by atoms with Crippen molar-refractivity contribution in [2.24, 2.45) is 11.8 Å². The maximum absolute atomic E-state index is 6.60. The average Bonchev–Trinajstić information content (AvgIpc) is 3.20. The lowest BCUT2D eigenvalue weighted by Gasteiger charge is -2.42. The molecule has 118 valence electrons. The second-order valence-corrected chi connectivity index (χ2v) is 7.75. The maximum Gasteiger partial charge on any atom is 0.0810 e. The van der Waals surface area contributed by atoms with Gasteiger partial charge in [-0.3, -0.25) is 0 Å². The van der Waals surface area contributed by atoms with Gasteiger partial charge >= 0.3 is 0 Å². The van der Waals surface area contributed by atoms with Gasteiger partial charge in [0, 0.05) is 12.6 Å². The van der Waals surface area contributed by atoms with Gasteiger partial charge in [-0.2, -0.15) is 0 Å². The zero-order valence-electron chi connectivity index (χ0n) is 14.1. The first-order chi connectivity index (χ1) is 9.53. The average molecular weight is 281 g/mol. The van der Waals surface area contributed by atoms with Crippen LogP contribution in [0, 0.1) is 11.8 Å². The van der Waals surface area contributed by atoms with Crippen molar-refractivity contribution in [2.75, 3.05) is 6.54 Å². The Labute approximate surface area is 126 Å². The summed E-state index contributed by atoms with van der Waals surface area (Å²) in [6.07, 6.45) is 10.9. The molecule has 2 fully saturated rings. The predicted molar refractivity (Wildman–Crippen MR) is 86.0 cm³/mol. The van der Waals surface area contributed by atoms with Gasteiger partial charge < -0.3 is 10.1 Å². The molecule has 1 unspecified atom stereocenters. The molecule has 0 aromatic rings. The highest BCUT2D eigenvalue weighted by Gasteiger charge is 2.38. The summed E-state index contributed by atoms with van der Waals surface area (Å²) in [6, 6.07) is 0.791. The molecular formula is C18H35NO. The SMILES string of the molecule is CCC1CCC(CNC2CC2)(OC(C)CC(C)C)CC1. The molecule has 0 aliphatic heterocycles. The summed E-state index contributed by atoms with van der Waals surface area (Å²) < 4.78 is 6.60. The van der Waals surface area contributed by atoms with Gasteiger partial charge in [0.05, 0.1) is 11.7 Å². The molecule has 0 spiro atoms. The summed E-state index contributed by atoms with van der Waals surface area (Å²) in [4.78, 5) is 0. The van der Waals surface area contributed by atoms with Gasteiger partial charge in [0.1, 0.15) is 0 Å². The first-order valence-corrected chi connectivity index (χ1v) is 8.94. The van der Waals surface area contributed by atoms with Gasteiger partial charge in [-0.15, -0.1) is 0 Å². The Balaban J connectivity index is 1.88. The van der Waals surface area contributed by atoms with Crippen molar-refractivity contribution in [3.63, 3.8) is 0 Å². The Kier molecular flexibility index (Phi) is 5.92. The van der Waals surface area contributed by atoms with Crippen LogP contribution in [-0.2, 0) is 4.74 Å². The van der Waals surface area contributed by atoms with Crippen molar-refractivity contribution in [1.82, 2.24) is 5.32 Å². The molecule has 0 saturated heterocycles. The van der Waals surface area contributed by atoms with Crippen LogP contribution in [0.15, 0.2) is 0 Å². The largest absolute Gasteiger partial charge is 0.371 e. The Morgan fingerprint density at radius 1 is 1.10 bits per heavy atom. The zero-order valence-corrected chi connectivity index (χ0v) is 14.1. The smallest absolute Gasteiger partial charge is 0.0810 e. The monoisotopic (exact) mass is 281 g/mol. The van der Waals surface area contributed by atoms with E-state index in [2.05, 4.69) is 33.0 Å². The minimum atomic E-state index is 0.128. The van der Waals surface area contributed by atoms with E-state index in [0.717, 1.165) is 24.4 Å². The normalized spacial score (nSPS) is 32.5. The molecular weight excluding hydrogens is 246 g/mol. The topological polar surface area (TPSA) is 21.3 Å². The van der Waals surface area contributed by atoms with E-state index in [0.29, 0.717) is 6.10 Å². The van der Waals surface area contributed by atoms with Crippen LogP contribution in [0.3, 0.4) is 0 Å². The van der Waals surface area contributed by atoms with E-state index in [-0.39, 0.29) is 5.60 Å². The molecule has 0 aromatic heterocycles. The molecule has 2 aliphatic rings. The first kappa shape index (κ1) is 16.3. The van der Waals surface area contributed by atoms with Gasteiger partial charge in [-0.05, 0) is 63.7 Å². The summed E-state index contributed by atoms with van der Waals surface area (Å²) in [7, 11) is 0. The lowest BCUT2D eigenvalue weighted by molar-refractivity contribution is -0.117. The Morgan fingerprint density at radius 2 is 1.75 bits per heavy atom. The third-order valence-electron chi connectivity index (χ3n) is 5.14. The predicted octanol–water partition coefficient (Wildman–Crippen LogP) is 4.53.